The van der Waals surface area contributed by atoms with Crippen molar-refractivity contribution in [2.45, 2.75) is 20.4 Å². The van der Waals surface area contributed by atoms with E-state index in [0.29, 0.717) is 23.6 Å². The van der Waals surface area contributed by atoms with Gasteiger partial charge in [0.2, 0.25) is 0 Å². The number of primary amides is 1. The van der Waals surface area contributed by atoms with Gasteiger partial charge in [0.15, 0.2) is 0 Å². The average molecular weight is 284 g/mol. The second-order valence-electron chi connectivity index (χ2n) is 5.24. The number of hydrogen-bond donors (Lipinski definition) is 2. The van der Waals surface area contributed by atoms with Crippen LogP contribution in [-0.2, 0) is 6.54 Å². The Morgan fingerprint density at radius 2 is 2.00 bits per heavy atom. The molecule has 2 rings (SSSR count). The molecule has 0 aliphatic heterocycles. The lowest BCUT2D eigenvalue weighted by Crippen LogP contribution is -2.24. The predicted molar refractivity (Wildman–Crippen MR) is 85.2 cm³/mol. The lowest BCUT2D eigenvalue weighted by Gasteiger charge is -2.22. The Balaban J connectivity index is 2.39. The Morgan fingerprint density at radius 1 is 1.29 bits per heavy atom. The van der Waals surface area contributed by atoms with Crippen LogP contribution in [0.4, 0.5) is 11.5 Å². The lowest BCUT2D eigenvalue weighted by atomic mass is 10.1. The normalized spacial score (nSPS) is 10.4. The average Bonchev–Trinajstić information content (AvgIpc) is 2.37. The zero-order valence-electron chi connectivity index (χ0n) is 12.6. The molecule has 0 aliphatic rings. The van der Waals surface area contributed by atoms with Crippen LogP contribution in [0.2, 0.25) is 0 Å². The fraction of sp³-hybridized carbons (Fsp3) is 0.250. The second-order valence-corrected chi connectivity index (χ2v) is 5.24. The first kappa shape index (κ1) is 14.8. The summed E-state index contributed by atoms with van der Waals surface area (Å²) in [5, 5.41) is 0. The van der Waals surface area contributed by atoms with E-state index in [2.05, 4.69) is 4.98 Å². The number of hydrogen-bond acceptors (Lipinski definition) is 4. The molecule has 110 valence electrons. The molecule has 1 aromatic carbocycles. The van der Waals surface area contributed by atoms with Crippen molar-refractivity contribution in [1.29, 1.82) is 0 Å². The van der Waals surface area contributed by atoms with Gasteiger partial charge >= 0.3 is 0 Å². The molecule has 4 N–H and O–H groups in total. The van der Waals surface area contributed by atoms with Gasteiger partial charge in [-0.2, -0.15) is 0 Å². The predicted octanol–water partition coefficient (Wildman–Crippen LogP) is 2.02. The van der Waals surface area contributed by atoms with Crippen LogP contribution in [0.3, 0.4) is 0 Å². The summed E-state index contributed by atoms with van der Waals surface area (Å²) in [6.07, 6.45) is 0. The van der Waals surface area contributed by atoms with Crippen LogP contribution >= 0.6 is 0 Å². The van der Waals surface area contributed by atoms with Crippen LogP contribution in [0.1, 0.15) is 27.2 Å². The molecule has 0 aliphatic carbocycles. The highest BCUT2D eigenvalue weighted by Gasteiger charge is 2.17. The van der Waals surface area contributed by atoms with E-state index in [9.17, 15) is 4.79 Å². The number of rotatable bonds is 4. The number of carbonyl (C=O) groups excluding carboxylic acids is 1. The van der Waals surface area contributed by atoms with Crippen LogP contribution in [0, 0.1) is 13.8 Å². The first-order chi connectivity index (χ1) is 9.88. The summed E-state index contributed by atoms with van der Waals surface area (Å²) in [5.74, 6) is 0.136. The van der Waals surface area contributed by atoms with Crippen LogP contribution in [0.15, 0.2) is 30.3 Å². The van der Waals surface area contributed by atoms with Crippen LogP contribution in [0.5, 0.6) is 0 Å². The van der Waals surface area contributed by atoms with Gasteiger partial charge in [-0.05, 0) is 43.2 Å². The van der Waals surface area contributed by atoms with Crippen molar-refractivity contribution in [3.63, 3.8) is 0 Å². The molecule has 0 saturated heterocycles. The molecular weight excluding hydrogens is 264 g/mol. The van der Waals surface area contributed by atoms with E-state index in [0.717, 1.165) is 16.8 Å². The number of anilines is 2. The number of pyridine rings is 1. The molecule has 2 aromatic rings. The summed E-state index contributed by atoms with van der Waals surface area (Å²) in [6, 6.07) is 9.50. The lowest BCUT2D eigenvalue weighted by molar-refractivity contribution is 0.1000. The molecule has 21 heavy (non-hydrogen) atoms. The van der Waals surface area contributed by atoms with E-state index in [1.54, 1.807) is 0 Å². The third kappa shape index (κ3) is 3.31. The van der Waals surface area contributed by atoms with Gasteiger partial charge in [-0.15, -0.1) is 0 Å². The van der Waals surface area contributed by atoms with Gasteiger partial charge in [0, 0.05) is 25.0 Å². The Morgan fingerprint density at radius 3 is 2.62 bits per heavy atom. The summed E-state index contributed by atoms with van der Waals surface area (Å²) in [5.41, 5.74) is 15.2. The monoisotopic (exact) mass is 284 g/mol. The van der Waals surface area contributed by atoms with Crippen molar-refractivity contribution in [3.05, 3.63) is 52.7 Å². The SMILES string of the molecule is Cc1cc(C)c(C(N)=O)c(N(C)Cc2cccc(N)c2)n1. The van der Waals surface area contributed by atoms with Crippen LogP contribution in [-0.4, -0.2) is 17.9 Å². The third-order valence-electron chi connectivity index (χ3n) is 3.30. The Hall–Kier alpha value is -2.56. The van der Waals surface area contributed by atoms with E-state index >= 15 is 0 Å². The number of aromatic nitrogens is 1. The highest BCUT2D eigenvalue weighted by molar-refractivity contribution is 5.99. The minimum Gasteiger partial charge on any atom is -0.399 e. The molecule has 0 atom stereocenters. The number of amides is 1. The minimum atomic E-state index is -0.463. The highest BCUT2D eigenvalue weighted by Crippen LogP contribution is 2.23. The molecule has 5 nitrogen and oxygen atoms in total. The van der Waals surface area contributed by atoms with Gasteiger partial charge in [0.05, 0.1) is 5.56 Å². The summed E-state index contributed by atoms with van der Waals surface area (Å²) in [7, 11) is 1.89. The van der Waals surface area contributed by atoms with E-state index in [4.69, 9.17) is 11.5 Å². The van der Waals surface area contributed by atoms with Gasteiger partial charge in [-0.1, -0.05) is 12.1 Å². The van der Waals surface area contributed by atoms with Crippen LogP contribution in [0.25, 0.3) is 0 Å². The number of nitrogens with zero attached hydrogens (tertiary/aromatic N) is 2. The van der Waals surface area contributed by atoms with Crippen molar-refractivity contribution in [1.82, 2.24) is 4.98 Å². The molecule has 0 unspecified atom stereocenters. The largest absolute Gasteiger partial charge is 0.399 e. The fourth-order valence-corrected chi connectivity index (χ4v) is 2.44. The molecule has 0 fully saturated rings. The Kier molecular flexibility index (Phi) is 4.12. The van der Waals surface area contributed by atoms with E-state index in [1.807, 2.05) is 56.1 Å². The first-order valence-corrected chi connectivity index (χ1v) is 6.72. The van der Waals surface area contributed by atoms with Gasteiger partial charge in [-0.3, -0.25) is 4.79 Å². The number of aryl methyl sites for hydroxylation is 2. The Bertz CT molecular complexity index is 682. The molecule has 0 radical (unpaired) electrons. The van der Waals surface area contributed by atoms with Gasteiger partial charge in [0.25, 0.3) is 5.91 Å². The first-order valence-electron chi connectivity index (χ1n) is 6.72. The molecule has 1 amide bonds. The number of benzene rings is 1. The maximum Gasteiger partial charge on any atom is 0.252 e. The zero-order valence-corrected chi connectivity index (χ0v) is 12.6. The van der Waals surface area contributed by atoms with E-state index < -0.39 is 5.91 Å². The fourth-order valence-electron chi connectivity index (χ4n) is 2.44. The van der Waals surface area contributed by atoms with Crippen molar-refractivity contribution in [2.75, 3.05) is 17.7 Å². The molecule has 5 heteroatoms. The topological polar surface area (TPSA) is 85.2 Å². The number of nitrogens with two attached hydrogens (primary N) is 2. The van der Waals surface area contributed by atoms with Crippen LogP contribution < -0.4 is 16.4 Å². The summed E-state index contributed by atoms with van der Waals surface area (Å²) in [4.78, 5) is 18.1. The summed E-state index contributed by atoms with van der Waals surface area (Å²) < 4.78 is 0. The molecule has 0 saturated carbocycles. The second kappa shape index (κ2) is 5.83. The minimum absolute atomic E-state index is 0.463. The maximum atomic E-state index is 11.7. The van der Waals surface area contributed by atoms with E-state index in [-0.39, 0.29) is 0 Å². The quantitative estimate of drug-likeness (QED) is 0.841. The number of nitrogen functional groups attached to an aromatic ring is 1. The van der Waals surface area contributed by atoms with Gasteiger partial charge in [-0.25, -0.2) is 4.98 Å². The third-order valence-corrected chi connectivity index (χ3v) is 3.30. The Labute approximate surface area is 124 Å². The zero-order chi connectivity index (χ0) is 15.6. The molecule has 0 spiro atoms. The van der Waals surface area contributed by atoms with Crippen molar-refractivity contribution in [3.8, 4) is 0 Å². The highest BCUT2D eigenvalue weighted by atomic mass is 16.1. The molecule has 1 heterocycles. The van der Waals surface area contributed by atoms with Gasteiger partial charge in [0.1, 0.15) is 5.82 Å². The smallest absolute Gasteiger partial charge is 0.252 e. The van der Waals surface area contributed by atoms with Gasteiger partial charge < -0.3 is 16.4 Å². The van der Waals surface area contributed by atoms with E-state index in [1.165, 1.54) is 0 Å². The van der Waals surface area contributed by atoms with Crippen molar-refractivity contribution >= 4 is 17.4 Å². The molecular formula is C16H20N4O. The number of carbonyl (C=O) groups is 1. The van der Waals surface area contributed by atoms with Crippen molar-refractivity contribution in [2.24, 2.45) is 5.73 Å². The summed E-state index contributed by atoms with van der Waals surface area (Å²) in [6.45, 7) is 4.36. The maximum absolute atomic E-state index is 11.7. The standard InChI is InChI=1S/C16H20N4O/c1-10-7-11(2)19-16(14(10)15(18)21)20(3)9-12-5-4-6-13(17)8-12/h4-8H,9,17H2,1-3H3,(H2,18,21). The van der Waals surface area contributed by atoms with Crippen molar-refractivity contribution < 1.29 is 4.79 Å². The summed E-state index contributed by atoms with van der Waals surface area (Å²) >= 11 is 0. The molecule has 0 bridgehead atoms. The molecule has 1 aromatic heterocycles.